The Bertz CT molecular complexity index is 855. The second kappa shape index (κ2) is 7.58. The van der Waals surface area contributed by atoms with Crippen molar-refractivity contribution in [2.45, 2.75) is 24.4 Å². The molecule has 0 aliphatic heterocycles. The third kappa shape index (κ3) is 4.01. The van der Waals surface area contributed by atoms with Crippen LogP contribution in [0.5, 0.6) is 0 Å². The molecule has 1 unspecified atom stereocenters. The van der Waals surface area contributed by atoms with E-state index in [-0.39, 0.29) is 6.04 Å². The standard InChI is InChI=1S/C18H21N3O2S/c1-14(16-9-6-7-15(11-16)12-19)20-13-17-8-4-5-10-18(17)24(22,23)21(2)3/h4-11,14,20H,13H2,1-3H3. The van der Waals surface area contributed by atoms with Gasteiger partial charge in [0.05, 0.1) is 16.5 Å². The van der Waals surface area contributed by atoms with Crippen molar-refractivity contribution in [1.29, 1.82) is 5.26 Å². The Morgan fingerprint density at radius 3 is 2.54 bits per heavy atom. The lowest BCUT2D eigenvalue weighted by atomic mass is 10.1. The molecule has 0 heterocycles. The van der Waals surface area contributed by atoms with Crippen molar-refractivity contribution in [3.05, 3.63) is 65.2 Å². The van der Waals surface area contributed by atoms with Crippen molar-refractivity contribution in [2.75, 3.05) is 14.1 Å². The van der Waals surface area contributed by atoms with Gasteiger partial charge in [-0.3, -0.25) is 0 Å². The molecule has 0 radical (unpaired) electrons. The maximum atomic E-state index is 12.4. The highest BCUT2D eigenvalue weighted by molar-refractivity contribution is 7.89. The Labute approximate surface area is 143 Å². The summed E-state index contributed by atoms with van der Waals surface area (Å²) in [5.41, 5.74) is 2.31. The second-order valence-corrected chi connectivity index (χ2v) is 7.86. The van der Waals surface area contributed by atoms with Crippen molar-refractivity contribution in [1.82, 2.24) is 9.62 Å². The van der Waals surface area contributed by atoms with Gasteiger partial charge in [0.15, 0.2) is 0 Å². The Hall–Kier alpha value is -2.20. The Balaban J connectivity index is 2.20. The van der Waals surface area contributed by atoms with Crippen LogP contribution in [0, 0.1) is 11.3 Å². The minimum atomic E-state index is -3.48. The van der Waals surface area contributed by atoms with Crippen LogP contribution in [0.2, 0.25) is 0 Å². The molecular weight excluding hydrogens is 322 g/mol. The first-order valence-electron chi connectivity index (χ1n) is 7.60. The fourth-order valence-electron chi connectivity index (χ4n) is 2.36. The van der Waals surface area contributed by atoms with Crippen molar-refractivity contribution in [3.8, 4) is 6.07 Å². The van der Waals surface area contributed by atoms with Gasteiger partial charge in [-0.1, -0.05) is 30.3 Å². The lowest BCUT2D eigenvalue weighted by molar-refractivity contribution is 0.516. The van der Waals surface area contributed by atoms with Gasteiger partial charge in [0, 0.05) is 26.7 Å². The first kappa shape index (κ1) is 18.1. The first-order valence-corrected chi connectivity index (χ1v) is 9.04. The maximum absolute atomic E-state index is 12.4. The molecule has 1 atom stereocenters. The van der Waals surface area contributed by atoms with Gasteiger partial charge in [-0.25, -0.2) is 12.7 Å². The molecule has 0 saturated carbocycles. The molecule has 0 saturated heterocycles. The zero-order valence-electron chi connectivity index (χ0n) is 14.0. The van der Waals surface area contributed by atoms with Crippen LogP contribution in [-0.2, 0) is 16.6 Å². The van der Waals surface area contributed by atoms with Gasteiger partial charge >= 0.3 is 0 Å². The molecular formula is C18H21N3O2S. The SMILES string of the molecule is CC(NCc1ccccc1S(=O)(=O)N(C)C)c1cccc(C#N)c1. The summed E-state index contributed by atoms with van der Waals surface area (Å²) >= 11 is 0. The number of rotatable bonds is 6. The summed E-state index contributed by atoms with van der Waals surface area (Å²) < 4.78 is 26.0. The molecule has 0 bridgehead atoms. The van der Waals surface area contributed by atoms with Crippen LogP contribution in [0.1, 0.15) is 29.7 Å². The molecule has 0 aliphatic rings. The van der Waals surface area contributed by atoms with Gasteiger partial charge < -0.3 is 5.32 Å². The first-order chi connectivity index (χ1) is 11.4. The van der Waals surface area contributed by atoms with E-state index in [1.54, 1.807) is 18.2 Å². The van der Waals surface area contributed by atoms with Gasteiger partial charge in [0.1, 0.15) is 0 Å². The maximum Gasteiger partial charge on any atom is 0.242 e. The normalized spacial score (nSPS) is 12.8. The lowest BCUT2D eigenvalue weighted by Gasteiger charge is -2.18. The van der Waals surface area contributed by atoms with Crippen LogP contribution in [0.3, 0.4) is 0 Å². The molecule has 0 aliphatic carbocycles. The smallest absolute Gasteiger partial charge is 0.242 e. The average Bonchev–Trinajstić information content (AvgIpc) is 2.59. The molecule has 0 fully saturated rings. The highest BCUT2D eigenvalue weighted by atomic mass is 32.2. The number of nitrogens with zero attached hydrogens (tertiary/aromatic N) is 2. The summed E-state index contributed by atoms with van der Waals surface area (Å²) in [6.45, 7) is 2.40. The predicted octanol–water partition coefficient (Wildman–Crippen LogP) is 2.66. The fraction of sp³-hybridized carbons (Fsp3) is 0.278. The van der Waals surface area contributed by atoms with Crippen molar-refractivity contribution < 1.29 is 8.42 Å². The summed E-state index contributed by atoms with van der Waals surface area (Å²) in [6, 6.07) is 16.5. The monoisotopic (exact) mass is 343 g/mol. The molecule has 126 valence electrons. The number of benzene rings is 2. The zero-order valence-corrected chi connectivity index (χ0v) is 14.8. The van der Waals surface area contributed by atoms with E-state index in [1.807, 2.05) is 37.3 Å². The van der Waals surface area contributed by atoms with Crippen LogP contribution in [0.15, 0.2) is 53.4 Å². The molecule has 6 heteroatoms. The number of hydrogen-bond acceptors (Lipinski definition) is 4. The number of hydrogen-bond donors (Lipinski definition) is 1. The second-order valence-electron chi connectivity index (χ2n) is 5.74. The van der Waals surface area contributed by atoms with Crippen LogP contribution in [-0.4, -0.2) is 26.8 Å². The lowest BCUT2D eigenvalue weighted by Crippen LogP contribution is -2.25. The van der Waals surface area contributed by atoms with Gasteiger partial charge in [-0.05, 0) is 36.2 Å². The van der Waals surface area contributed by atoms with E-state index in [0.29, 0.717) is 17.0 Å². The van der Waals surface area contributed by atoms with Crippen molar-refractivity contribution in [2.24, 2.45) is 0 Å². The highest BCUT2D eigenvalue weighted by Gasteiger charge is 2.20. The van der Waals surface area contributed by atoms with E-state index in [2.05, 4.69) is 11.4 Å². The van der Waals surface area contributed by atoms with E-state index >= 15 is 0 Å². The van der Waals surface area contributed by atoms with Gasteiger partial charge in [-0.15, -0.1) is 0 Å². The zero-order chi connectivity index (χ0) is 17.7. The molecule has 2 aromatic rings. The Kier molecular flexibility index (Phi) is 5.73. The van der Waals surface area contributed by atoms with Gasteiger partial charge in [-0.2, -0.15) is 5.26 Å². The highest BCUT2D eigenvalue weighted by Crippen LogP contribution is 2.20. The summed E-state index contributed by atoms with van der Waals surface area (Å²) in [5.74, 6) is 0. The molecule has 0 aromatic heterocycles. The predicted molar refractivity (Wildman–Crippen MR) is 93.7 cm³/mol. The number of nitriles is 1. The third-order valence-corrected chi connectivity index (χ3v) is 5.76. The molecule has 2 rings (SSSR count). The summed E-state index contributed by atoms with van der Waals surface area (Å²) in [4.78, 5) is 0.306. The molecule has 0 spiro atoms. The molecule has 5 nitrogen and oxygen atoms in total. The molecule has 24 heavy (non-hydrogen) atoms. The quantitative estimate of drug-likeness (QED) is 0.875. The molecule has 1 N–H and O–H groups in total. The largest absolute Gasteiger partial charge is 0.306 e. The average molecular weight is 343 g/mol. The van der Waals surface area contributed by atoms with E-state index in [1.165, 1.54) is 18.4 Å². The molecule has 2 aromatic carbocycles. The Morgan fingerprint density at radius 1 is 1.17 bits per heavy atom. The molecule has 0 amide bonds. The summed E-state index contributed by atoms with van der Waals surface area (Å²) in [5, 5.41) is 12.3. The van der Waals surface area contributed by atoms with Gasteiger partial charge in [0.2, 0.25) is 10.0 Å². The number of nitrogens with one attached hydrogen (secondary N) is 1. The van der Waals surface area contributed by atoms with E-state index in [9.17, 15) is 8.42 Å². The fourth-order valence-corrected chi connectivity index (χ4v) is 3.47. The number of sulfonamides is 1. The van der Waals surface area contributed by atoms with Crippen LogP contribution < -0.4 is 5.32 Å². The van der Waals surface area contributed by atoms with Gasteiger partial charge in [0.25, 0.3) is 0 Å². The summed E-state index contributed by atoms with van der Waals surface area (Å²) in [7, 11) is -0.434. The summed E-state index contributed by atoms with van der Waals surface area (Å²) in [6.07, 6.45) is 0. The van der Waals surface area contributed by atoms with E-state index in [0.717, 1.165) is 11.1 Å². The van der Waals surface area contributed by atoms with E-state index in [4.69, 9.17) is 5.26 Å². The van der Waals surface area contributed by atoms with Crippen LogP contribution >= 0.6 is 0 Å². The van der Waals surface area contributed by atoms with Crippen molar-refractivity contribution >= 4 is 10.0 Å². The topological polar surface area (TPSA) is 73.2 Å². The minimum Gasteiger partial charge on any atom is -0.306 e. The van der Waals surface area contributed by atoms with Crippen molar-refractivity contribution in [3.63, 3.8) is 0 Å². The van der Waals surface area contributed by atoms with Crippen LogP contribution in [0.4, 0.5) is 0 Å². The minimum absolute atomic E-state index is 0.00610. The van der Waals surface area contributed by atoms with E-state index < -0.39 is 10.0 Å². The third-order valence-electron chi connectivity index (χ3n) is 3.85. The van der Waals surface area contributed by atoms with Crippen LogP contribution in [0.25, 0.3) is 0 Å². The Morgan fingerprint density at radius 2 is 1.88 bits per heavy atom.